The van der Waals surface area contributed by atoms with E-state index in [1.807, 2.05) is 31.2 Å². The highest BCUT2D eigenvalue weighted by Gasteiger charge is 2.35. The van der Waals surface area contributed by atoms with E-state index in [-0.39, 0.29) is 0 Å². The van der Waals surface area contributed by atoms with Crippen molar-refractivity contribution in [1.29, 1.82) is 0 Å². The van der Waals surface area contributed by atoms with Gasteiger partial charge < -0.3 is 10.1 Å². The number of nitrogens with zero attached hydrogens (tertiary/aromatic N) is 4. The summed E-state index contributed by atoms with van der Waals surface area (Å²) in [6, 6.07) is 7.29. The molecule has 0 bridgehead atoms. The number of fused-ring (bicyclic) bond motifs is 1. The molecule has 0 fully saturated rings. The van der Waals surface area contributed by atoms with Crippen molar-refractivity contribution in [2.75, 3.05) is 12.4 Å². The molecule has 7 nitrogen and oxygen atoms in total. The van der Waals surface area contributed by atoms with Crippen LogP contribution >= 0.6 is 15.9 Å². The summed E-state index contributed by atoms with van der Waals surface area (Å²) < 4.78 is 7.51. The maximum absolute atomic E-state index is 12.3. The minimum Gasteiger partial charge on any atom is -0.466 e. The molecule has 2 heterocycles. The monoisotopic (exact) mass is 363 g/mol. The molecule has 1 N–H and O–H groups in total. The zero-order chi connectivity index (χ0) is 15.7. The maximum Gasteiger partial charge on any atom is 0.338 e. The quantitative estimate of drug-likeness (QED) is 0.842. The van der Waals surface area contributed by atoms with Gasteiger partial charge in [-0.3, -0.25) is 0 Å². The molecule has 0 spiro atoms. The molecule has 1 aromatic carbocycles. The van der Waals surface area contributed by atoms with Crippen LogP contribution in [0.5, 0.6) is 0 Å². The lowest BCUT2D eigenvalue weighted by Gasteiger charge is -2.28. The topological polar surface area (TPSA) is 81.9 Å². The SMILES string of the molecule is CCC1=C(C(=O)OC)[C@@H](c2ccc(Br)cc2)n2nnnc2N1. The highest BCUT2D eigenvalue weighted by atomic mass is 79.9. The van der Waals surface area contributed by atoms with Crippen LogP contribution in [0.2, 0.25) is 0 Å². The highest BCUT2D eigenvalue weighted by Crippen LogP contribution is 2.36. The van der Waals surface area contributed by atoms with Crippen LogP contribution in [0.3, 0.4) is 0 Å². The number of aromatic nitrogens is 4. The number of hydrogen-bond acceptors (Lipinski definition) is 6. The molecule has 0 aliphatic carbocycles. The summed E-state index contributed by atoms with van der Waals surface area (Å²) in [5.74, 6) is 0.121. The number of carbonyl (C=O) groups is 1. The van der Waals surface area contributed by atoms with Gasteiger partial charge in [0, 0.05) is 10.2 Å². The molecule has 1 aromatic heterocycles. The summed E-state index contributed by atoms with van der Waals surface area (Å²) >= 11 is 3.41. The van der Waals surface area contributed by atoms with Gasteiger partial charge in [-0.25, -0.2) is 4.79 Å². The average molecular weight is 364 g/mol. The summed E-state index contributed by atoms with van der Waals surface area (Å²) in [6.45, 7) is 1.96. The van der Waals surface area contributed by atoms with Gasteiger partial charge in [0.15, 0.2) is 0 Å². The summed E-state index contributed by atoms with van der Waals surface area (Å²) in [6.07, 6.45) is 0.643. The minimum absolute atomic E-state index is 0.390. The highest BCUT2D eigenvalue weighted by molar-refractivity contribution is 9.10. The molecule has 0 amide bonds. The van der Waals surface area contributed by atoms with Crippen LogP contribution in [0.4, 0.5) is 5.95 Å². The number of esters is 1. The standard InChI is InChI=1S/C14H14BrN5O2/c1-3-10-11(13(21)22-2)12(8-4-6-9(15)7-5-8)20-14(16-10)17-18-19-20/h4-7,12H,3H2,1-2H3,(H,16,17,19)/t12-/m1/s1. The number of methoxy groups -OCH3 is 1. The Labute approximate surface area is 135 Å². The number of nitrogens with one attached hydrogen (secondary N) is 1. The van der Waals surface area contributed by atoms with Gasteiger partial charge in [0.2, 0.25) is 5.95 Å². The fourth-order valence-electron chi connectivity index (χ4n) is 2.52. The van der Waals surface area contributed by atoms with Gasteiger partial charge in [-0.2, -0.15) is 4.68 Å². The van der Waals surface area contributed by atoms with Crippen molar-refractivity contribution in [2.45, 2.75) is 19.4 Å². The van der Waals surface area contributed by atoms with Crippen molar-refractivity contribution >= 4 is 27.8 Å². The predicted octanol–water partition coefficient (Wildman–Crippen LogP) is 2.29. The molecule has 22 heavy (non-hydrogen) atoms. The molecule has 0 unspecified atom stereocenters. The van der Waals surface area contributed by atoms with Gasteiger partial charge in [0.1, 0.15) is 6.04 Å². The van der Waals surface area contributed by atoms with E-state index in [2.05, 4.69) is 36.8 Å². The van der Waals surface area contributed by atoms with Gasteiger partial charge in [-0.05, 0) is 34.5 Å². The molecule has 1 atom stereocenters. The first-order valence-corrected chi connectivity index (χ1v) is 7.56. The second-order valence-corrected chi connectivity index (χ2v) is 5.68. The molecule has 3 rings (SSSR count). The molecular weight excluding hydrogens is 350 g/mol. The van der Waals surface area contributed by atoms with Crippen LogP contribution in [-0.2, 0) is 9.53 Å². The second kappa shape index (κ2) is 5.88. The minimum atomic E-state index is -0.415. The Morgan fingerprint density at radius 1 is 1.41 bits per heavy atom. The Balaban J connectivity index is 2.19. The number of hydrogen-bond donors (Lipinski definition) is 1. The fourth-order valence-corrected chi connectivity index (χ4v) is 2.78. The van der Waals surface area contributed by atoms with Crippen LogP contribution in [-0.4, -0.2) is 33.3 Å². The van der Waals surface area contributed by atoms with E-state index in [1.54, 1.807) is 4.68 Å². The Morgan fingerprint density at radius 3 is 2.77 bits per heavy atom. The first-order valence-electron chi connectivity index (χ1n) is 6.77. The zero-order valence-corrected chi connectivity index (χ0v) is 13.7. The molecule has 114 valence electrons. The van der Waals surface area contributed by atoms with Gasteiger partial charge in [0.05, 0.1) is 12.7 Å². The number of rotatable bonds is 3. The summed E-state index contributed by atoms with van der Waals surface area (Å²) in [4.78, 5) is 12.3. The summed E-state index contributed by atoms with van der Waals surface area (Å²) in [5, 5.41) is 14.8. The third kappa shape index (κ3) is 2.39. The Kier molecular flexibility index (Phi) is 3.93. The number of halogens is 1. The lowest BCUT2D eigenvalue weighted by Crippen LogP contribution is -2.30. The molecule has 1 aliphatic rings. The number of carbonyl (C=O) groups excluding carboxylic acids is 1. The third-order valence-electron chi connectivity index (χ3n) is 3.54. The van der Waals surface area contributed by atoms with Crippen LogP contribution in [0.1, 0.15) is 24.9 Å². The normalized spacial score (nSPS) is 17.0. The molecule has 2 aromatic rings. The van der Waals surface area contributed by atoms with Gasteiger partial charge in [0.25, 0.3) is 0 Å². The summed E-state index contributed by atoms with van der Waals surface area (Å²) in [7, 11) is 1.37. The van der Waals surface area contributed by atoms with Gasteiger partial charge in [-0.1, -0.05) is 40.1 Å². The molecule has 0 saturated carbocycles. The smallest absolute Gasteiger partial charge is 0.338 e. The average Bonchev–Trinajstić information content (AvgIpc) is 3.01. The Morgan fingerprint density at radius 2 is 2.14 bits per heavy atom. The van der Waals surface area contributed by atoms with E-state index in [0.29, 0.717) is 17.9 Å². The van der Waals surface area contributed by atoms with Crippen LogP contribution < -0.4 is 5.32 Å². The van der Waals surface area contributed by atoms with Crippen molar-refractivity contribution in [3.8, 4) is 0 Å². The molecule has 8 heteroatoms. The first-order chi connectivity index (χ1) is 10.7. The first kappa shape index (κ1) is 14.7. The van der Waals surface area contributed by atoms with Gasteiger partial charge >= 0.3 is 5.97 Å². The van der Waals surface area contributed by atoms with Crippen LogP contribution in [0, 0.1) is 0 Å². The number of allylic oxidation sites excluding steroid dienone is 1. The molecule has 0 saturated heterocycles. The van der Waals surface area contributed by atoms with Crippen LogP contribution in [0.15, 0.2) is 40.0 Å². The fraction of sp³-hybridized carbons (Fsp3) is 0.286. The van der Waals surface area contributed by atoms with Crippen molar-refractivity contribution in [3.63, 3.8) is 0 Å². The van der Waals surface area contributed by atoms with E-state index in [4.69, 9.17) is 4.74 Å². The number of anilines is 1. The van der Waals surface area contributed by atoms with Crippen molar-refractivity contribution in [1.82, 2.24) is 20.2 Å². The van der Waals surface area contributed by atoms with Crippen LogP contribution in [0.25, 0.3) is 0 Å². The zero-order valence-electron chi connectivity index (χ0n) is 12.1. The number of benzene rings is 1. The van der Waals surface area contributed by atoms with E-state index in [0.717, 1.165) is 15.7 Å². The molecular formula is C14H14BrN5O2. The number of ether oxygens (including phenoxy) is 1. The second-order valence-electron chi connectivity index (χ2n) is 4.76. The summed E-state index contributed by atoms with van der Waals surface area (Å²) in [5.41, 5.74) is 2.19. The number of tetrazole rings is 1. The van der Waals surface area contributed by atoms with Gasteiger partial charge in [-0.15, -0.1) is 0 Å². The van der Waals surface area contributed by atoms with Crippen molar-refractivity contribution < 1.29 is 9.53 Å². The lowest BCUT2D eigenvalue weighted by molar-refractivity contribution is -0.136. The third-order valence-corrected chi connectivity index (χ3v) is 4.07. The largest absolute Gasteiger partial charge is 0.466 e. The lowest BCUT2D eigenvalue weighted by atomic mass is 9.95. The Bertz CT molecular complexity index is 738. The van der Waals surface area contributed by atoms with E-state index in [1.165, 1.54) is 7.11 Å². The predicted molar refractivity (Wildman–Crippen MR) is 83.1 cm³/mol. The maximum atomic E-state index is 12.3. The Hall–Kier alpha value is -2.22. The van der Waals surface area contributed by atoms with E-state index >= 15 is 0 Å². The van der Waals surface area contributed by atoms with E-state index in [9.17, 15) is 4.79 Å². The molecule has 1 aliphatic heterocycles. The van der Waals surface area contributed by atoms with E-state index < -0.39 is 12.0 Å². The molecule has 0 radical (unpaired) electrons. The van der Waals surface area contributed by atoms with Crippen molar-refractivity contribution in [3.05, 3.63) is 45.6 Å². The van der Waals surface area contributed by atoms with Crippen molar-refractivity contribution in [2.24, 2.45) is 0 Å².